The summed E-state index contributed by atoms with van der Waals surface area (Å²) in [5, 5.41) is 8.18. The van der Waals surface area contributed by atoms with Crippen molar-refractivity contribution in [2.24, 2.45) is 12.0 Å². The zero-order valence-electron chi connectivity index (χ0n) is 13.8. The van der Waals surface area contributed by atoms with Crippen molar-refractivity contribution in [3.63, 3.8) is 0 Å². The number of nitrogens with zero attached hydrogens (tertiary/aromatic N) is 2. The van der Waals surface area contributed by atoms with Crippen LogP contribution in [-0.4, -0.2) is 23.6 Å². The summed E-state index contributed by atoms with van der Waals surface area (Å²) < 4.78 is 2.31. The van der Waals surface area contributed by atoms with E-state index in [1.807, 2.05) is 0 Å². The van der Waals surface area contributed by atoms with Gasteiger partial charge in [0.2, 0.25) is 0 Å². The van der Waals surface area contributed by atoms with Gasteiger partial charge in [-0.15, -0.1) is 0 Å². The third-order valence-electron chi connectivity index (χ3n) is 4.95. The molecule has 1 aromatic carbocycles. The van der Waals surface area contributed by atoms with E-state index in [2.05, 4.69) is 61.9 Å². The van der Waals surface area contributed by atoms with E-state index in [-0.39, 0.29) is 0 Å². The molecule has 112 valence electrons. The van der Waals surface area contributed by atoms with Crippen LogP contribution in [0, 0.1) is 34.6 Å². The monoisotopic (exact) mass is 284 g/mol. The zero-order chi connectivity index (χ0) is 15.3. The highest BCUT2D eigenvalue weighted by Gasteiger charge is 2.19. The van der Waals surface area contributed by atoms with Crippen LogP contribution in [0.1, 0.15) is 27.9 Å². The standard InChI is InChI=1S/C17H24N4/c1-9-10(2)15(20-17-18-7-8-19-17)12(4)16-14(9)11(3)13(5)21(16)6/h7-8H2,1-6H3,(H2,18,19,20). The van der Waals surface area contributed by atoms with Gasteiger partial charge in [0.25, 0.3) is 0 Å². The fourth-order valence-corrected chi connectivity index (χ4v) is 3.41. The highest BCUT2D eigenvalue weighted by molar-refractivity contribution is 6.02. The van der Waals surface area contributed by atoms with Crippen LogP contribution in [-0.2, 0) is 7.05 Å². The number of nitrogens with one attached hydrogen (secondary N) is 2. The van der Waals surface area contributed by atoms with E-state index >= 15 is 0 Å². The molecule has 0 spiro atoms. The summed E-state index contributed by atoms with van der Waals surface area (Å²) >= 11 is 0. The Balaban J connectivity index is 2.28. The molecule has 0 amide bonds. The van der Waals surface area contributed by atoms with E-state index in [1.165, 1.54) is 44.5 Å². The maximum atomic E-state index is 4.46. The SMILES string of the molecule is Cc1c(NC2=NCCN2)c(C)c2c(c1C)c(C)c(C)n2C. The Morgan fingerprint density at radius 3 is 2.33 bits per heavy atom. The lowest BCUT2D eigenvalue weighted by Crippen LogP contribution is -2.27. The predicted molar refractivity (Wildman–Crippen MR) is 90.5 cm³/mol. The van der Waals surface area contributed by atoms with Gasteiger partial charge in [-0.1, -0.05) is 0 Å². The van der Waals surface area contributed by atoms with Crippen LogP contribution in [0.15, 0.2) is 4.99 Å². The Hall–Kier alpha value is -1.97. The predicted octanol–water partition coefficient (Wildman–Crippen LogP) is 3.09. The number of rotatable bonds is 1. The minimum Gasteiger partial charge on any atom is -0.354 e. The van der Waals surface area contributed by atoms with Gasteiger partial charge in [-0.25, -0.2) is 0 Å². The summed E-state index contributed by atoms with van der Waals surface area (Å²) in [5.74, 6) is 0.891. The van der Waals surface area contributed by atoms with Crippen LogP contribution >= 0.6 is 0 Å². The first kappa shape index (κ1) is 14.0. The number of benzene rings is 1. The van der Waals surface area contributed by atoms with Crippen molar-refractivity contribution in [3.05, 3.63) is 27.9 Å². The van der Waals surface area contributed by atoms with Crippen molar-refractivity contribution in [3.8, 4) is 0 Å². The molecule has 0 radical (unpaired) electrons. The van der Waals surface area contributed by atoms with Crippen LogP contribution in [0.25, 0.3) is 10.9 Å². The van der Waals surface area contributed by atoms with E-state index in [4.69, 9.17) is 0 Å². The molecule has 0 aliphatic carbocycles. The van der Waals surface area contributed by atoms with Crippen molar-refractivity contribution >= 4 is 22.5 Å². The lowest BCUT2D eigenvalue weighted by molar-refractivity contribution is 0.907. The molecule has 0 fully saturated rings. The molecule has 2 heterocycles. The fourth-order valence-electron chi connectivity index (χ4n) is 3.41. The Labute approximate surface area is 126 Å². The fraction of sp³-hybridized carbons (Fsp3) is 0.471. The van der Waals surface area contributed by atoms with E-state index < -0.39 is 0 Å². The number of anilines is 1. The lowest BCUT2D eigenvalue weighted by Gasteiger charge is -2.18. The number of aryl methyl sites for hydroxylation is 4. The van der Waals surface area contributed by atoms with E-state index in [9.17, 15) is 0 Å². The molecule has 1 aliphatic rings. The summed E-state index contributed by atoms with van der Waals surface area (Å²) in [6.45, 7) is 12.8. The van der Waals surface area contributed by atoms with E-state index in [0.29, 0.717) is 0 Å². The first-order valence-corrected chi connectivity index (χ1v) is 7.54. The van der Waals surface area contributed by atoms with Gasteiger partial charge in [-0.3, -0.25) is 4.99 Å². The topological polar surface area (TPSA) is 41.4 Å². The summed E-state index contributed by atoms with van der Waals surface area (Å²) in [6.07, 6.45) is 0. The van der Waals surface area contributed by atoms with Gasteiger partial charge in [0.1, 0.15) is 0 Å². The van der Waals surface area contributed by atoms with Crippen molar-refractivity contribution < 1.29 is 0 Å². The van der Waals surface area contributed by atoms with Gasteiger partial charge < -0.3 is 15.2 Å². The summed E-state index contributed by atoms with van der Waals surface area (Å²) in [5.41, 5.74) is 9.21. The molecule has 0 bridgehead atoms. The number of fused-ring (bicyclic) bond motifs is 1. The molecule has 4 nitrogen and oxygen atoms in total. The van der Waals surface area contributed by atoms with Crippen molar-refractivity contribution in [1.29, 1.82) is 0 Å². The molecule has 21 heavy (non-hydrogen) atoms. The second-order valence-electron chi connectivity index (χ2n) is 6.03. The summed E-state index contributed by atoms with van der Waals surface area (Å²) in [7, 11) is 2.15. The molecular formula is C17H24N4. The average Bonchev–Trinajstić information content (AvgIpc) is 3.04. The van der Waals surface area contributed by atoms with E-state index in [0.717, 1.165) is 19.0 Å². The van der Waals surface area contributed by atoms with Gasteiger partial charge >= 0.3 is 0 Å². The average molecular weight is 284 g/mol. The Kier molecular flexibility index (Phi) is 3.19. The Morgan fingerprint density at radius 1 is 1.00 bits per heavy atom. The highest BCUT2D eigenvalue weighted by Crippen LogP contribution is 2.37. The minimum atomic E-state index is 0.851. The van der Waals surface area contributed by atoms with Crippen molar-refractivity contribution in [2.45, 2.75) is 34.6 Å². The molecule has 3 rings (SSSR count). The van der Waals surface area contributed by atoms with Crippen LogP contribution < -0.4 is 10.6 Å². The Morgan fingerprint density at radius 2 is 1.71 bits per heavy atom. The largest absolute Gasteiger partial charge is 0.354 e. The summed E-state index contributed by atoms with van der Waals surface area (Å²) in [4.78, 5) is 4.46. The molecule has 2 N–H and O–H groups in total. The van der Waals surface area contributed by atoms with Gasteiger partial charge in [0.05, 0.1) is 12.1 Å². The first-order valence-electron chi connectivity index (χ1n) is 7.54. The molecule has 0 atom stereocenters. The minimum absolute atomic E-state index is 0.851. The molecule has 2 aromatic rings. The van der Waals surface area contributed by atoms with Gasteiger partial charge in [-0.2, -0.15) is 0 Å². The van der Waals surface area contributed by atoms with Gasteiger partial charge in [0, 0.05) is 30.4 Å². The van der Waals surface area contributed by atoms with Gasteiger partial charge in [-0.05, 0) is 56.9 Å². The van der Waals surface area contributed by atoms with E-state index in [1.54, 1.807) is 0 Å². The smallest absolute Gasteiger partial charge is 0.195 e. The van der Waals surface area contributed by atoms with Gasteiger partial charge in [0.15, 0.2) is 5.96 Å². The van der Waals surface area contributed by atoms with Crippen LogP contribution in [0.5, 0.6) is 0 Å². The maximum Gasteiger partial charge on any atom is 0.195 e. The third-order valence-corrected chi connectivity index (χ3v) is 4.95. The van der Waals surface area contributed by atoms with Crippen LogP contribution in [0.4, 0.5) is 5.69 Å². The number of hydrogen-bond donors (Lipinski definition) is 2. The number of aromatic nitrogens is 1. The molecule has 1 aliphatic heterocycles. The number of aliphatic imine (C=N–C) groups is 1. The second kappa shape index (κ2) is 4.79. The molecule has 1 aromatic heterocycles. The quantitative estimate of drug-likeness (QED) is 0.845. The second-order valence-corrected chi connectivity index (χ2v) is 6.03. The maximum absolute atomic E-state index is 4.46. The zero-order valence-corrected chi connectivity index (χ0v) is 13.8. The highest BCUT2D eigenvalue weighted by atomic mass is 15.2. The Bertz CT molecular complexity index is 765. The number of guanidine groups is 1. The van der Waals surface area contributed by atoms with Crippen LogP contribution in [0.2, 0.25) is 0 Å². The lowest BCUT2D eigenvalue weighted by atomic mass is 9.96. The van der Waals surface area contributed by atoms with Crippen LogP contribution in [0.3, 0.4) is 0 Å². The van der Waals surface area contributed by atoms with Crippen molar-refractivity contribution in [2.75, 3.05) is 18.4 Å². The molecular weight excluding hydrogens is 260 g/mol. The third kappa shape index (κ3) is 1.93. The number of hydrogen-bond acceptors (Lipinski definition) is 3. The first-order chi connectivity index (χ1) is 9.93. The molecule has 0 saturated carbocycles. The molecule has 0 unspecified atom stereocenters. The normalized spacial score (nSPS) is 14.5. The van der Waals surface area contributed by atoms with Crippen molar-refractivity contribution in [1.82, 2.24) is 9.88 Å². The summed E-state index contributed by atoms with van der Waals surface area (Å²) in [6, 6.07) is 0. The molecule has 0 saturated heterocycles. The molecule has 4 heteroatoms.